The Labute approximate surface area is 104 Å². The lowest BCUT2D eigenvalue weighted by molar-refractivity contribution is -0.122. The molecule has 4 nitrogen and oxygen atoms in total. The summed E-state index contributed by atoms with van der Waals surface area (Å²) in [5.41, 5.74) is 0. The van der Waals surface area contributed by atoms with Gasteiger partial charge < -0.3 is 15.2 Å². The summed E-state index contributed by atoms with van der Waals surface area (Å²) in [6.07, 6.45) is 7.49. The molecule has 17 heavy (non-hydrogen) atoms. The molecule has 0 aromatic heterocycles. The third-order valence-electron chi connectivity index (χ3n) is 3.34. The van der Waals surface area contributed by atoms with Gasteiger partial charge >= 0.3 is 0 Å². The summed E-state index contributed by atoms with van der Waals surface area (Å²) in [5.74, 6) is 0.601. The van der Waals surface area contributed by atoms with Crippen LogP contribution in [-0.4, -0.2) is 37.4 Å². The Balaban J connectivity index is 2.14. The number of nitrogens with one attached hydrogen (secondary N) is 1. The van der Waals surface area contributed by atoms with Crippen LogP contribution in [-0.2, 0) is 9.53 Å². The zero-order valence-corrected chi connectivity index (χ0v) is 10.8. The molecule has 0 bridgehead atoms. The molecule has 0 heterocycles. The van der Waals surface area contributed by atoms with Crippen LogP contribution < -0.4 is 5.32 Å². The molecule has 0 saturated heterocycles. The highest BCUT2D eigenvalue weighted by molar-refractivity contribution is 5.76. The van der Waals surface area contributed by atoms with Crippen molar-refractivity contribution in [3.05, 3.63) is 0 Å². The van der Waals surface area contributed by atoms with Gasteiger partial charge in [-0.1, -0.05) is 25.7 Å². The van der Waals surface area contributed by atoms with Crippen LogP contribution >= 0.6 is 0 Å². The predicted molar refractivity (Wildman–Crippen MR) is 66.7 cm³/mol. The number of hydrogen-bond donors (Lipinski definition) is 2. The first-order chi connectivity index (χ1) is 8.22. The molecule has 0 aromatic carbocycles. The number of carbonyl (C=O) groups is 1. The van der Waals surface area contributed by atoms with Crippen molar-refractivity contribution in [2.75, 3.05) is 20.3 Å². The van der Waals surface area contributed by atoms with E-state index in [9.17, 15) is 9.90 Å². The van der Waals surface area contributed by atoms with Crippen molar-refractivity contribution in [3.8, 4) is 0 Å². The quantitative estimate of drug-likeness (QED) is 0.695. The molecule has 2 N–H and O–H groups in total. The summed E-state index contributed by atoms with van der Waals surface area (Å²) in [4.78, 5) is 11.7. The SMILES string of the molecule is COCC(O)CNC(=O)CC1CCCCCC1. The second-order valence-electron chi connectivity index (χ2n) is 4.97. The standard InChI is InChI=1S/C13H25NO3/c1-17-10-12(15)9-14-13(16)8-11-6-4-2-3-5-7-11/h11-12,15H,2-10H2,1H3,(H,14,16). The van der Waals surface area contributed by atoms with Crippen LogP contribution in [0.3, 0.4) is 0 Å². The van der Waals surface area contributed by atoms with Gasteiger partial charge in [0.2, 0.25) is 5.91 Å². The van der Waals surface area contributed by atoms with Gasteiger partial charge in [-0.05, 0) is 18.8 Å². The van der Waals surface area contributed by atoms with E-state index in [1.54, 1.807) is 0 Å². The highest BCUT2D eigenvalue weighted by atomic mass is 16.5. The minimum Gasteiger partial charge on any atom is -0.389 e. The Kier molecular flexibility index (Phi) is 7.21. The zero-order valence-electron chi connectivity index (χ0n) is 10.8. The van der Waals surface area contributed by atoms with Gasteiger partial charge in [-0.25, -0.2) is 0 Å². The van der Waals surface area contributed by atoms with Gasteiger partial charge in [0.05, 0.1) is 12.7 Å². The highest BCUT2D eigenvalue weighted by Crippen LogP contribution is 2.25. The van der Waals surface area contributed by atoms with Crippen LogP contribution in [0.4, 0.5) is 0 Å². The normalized spacial score (nSPS) is 19.6. The largest absolute Gasteiger partial charge is 0.389 e. The van der Waals surface area contributed by atoms with Gasteiger partial charge in [0, 0.05) is 20.1 Å². The fraction of sp³-hybridized carbons (Fsp3) is 0.923. The molecule has 0 spiro atoms. The number of aliphatic hydroxyl groups excluding tert-OH is 1. The van der Waals surface area contributed by atoms with Crippen LogP contribution in [0.5, 0.6) is 0 Å². The van der Waals surface area contributed by atoms with Crippen molar-refractivity contribution in [2.45, 2.75) is 51.0 Å². The molecule has 1 aliphatic rings. The van der Waals surface area contributed by atoms with E-state index in [1.165, 1.54) is 45.6 Å². The third kappa shape index (κ3) is 6.64. The Morgan fingerprint density at radius 2 is 2.00 bits per heavy atom. The number of aliphatic hydroxyl groups is 1. The van der Waals surface area contributed by atoms with Gasteiger partial charge in [0.1, 0.15) is 0 Å². The molecule has 0 radical (unpaired) electrons. The summed E-state index contributed by atoms with van der Waals surface area (Å²) >= 11 is 0. The average molecular weight is 243 g/mol. The fourth-order valence-electron chi connectivity index (χ4n) is 2.39. The summed E-state index contributed by atoms with van der Waals surface area (Å²) in [5, 5.41) is 12.2. The lowest BCUT2D eigenvalue weighted by Crippen LogP contribution is -2.35. The molecule has 100 valence electrons. The molecule has 4 heteroatoms. The van der Waals surface area contributed by atoms with E-state index in [0.717, 1.165) is 0 Å². The molecule has 1 fully saturated rings. The number of rotatable bonds is 6. The van der Waals surface area contributed by atoms with Crippen molar-refractivity contribution in [2.24, 2.45) is 5.92 Å². The molecular weight excluding hydrogens is 218 g/mol. The second kappa shape index (κ2) is 8.48. The molecule has 1 saturated carbocycles. The minimum absolute atomic E-state index is 0.0621. The molecular formula is C13H25NO3. The Morgan fingerprint density at radius 3 is 2.59 bits per heavy atom. The fourth-order valence-corrected chi connectivity index (χ4v) is 2.39. The molecule has 0 aliphatic heterocycles. The maximum atomic E-state index is 11.7. The van der Waals surface area contributed by atoms with Crippen molar-refractivity contribution in [1.82, 2.24) is 5.32 Å². The number of hydrogen-bond acceptors (Lipinski definition) is 3. The summed E-state index contributed by atoms with van der Waals surface area (Å²) < 4.78 is 4.80. The lowest BCUT2D eigenvalue weighted by atomic mass is 9.96. The van der Waals surface area contributed by atoms with E-state index in [1.807, 2.05) is 0 Å². The van der Waals surface area contributed by atoms with Crippen LogP contribution in [0.1, 0.15) is 44.9 Å². The number of ether oxygens (including phenoxy) is 1. The van der Waals surface area contributed by atoms with Crippen molar-refractivity contribution >= 4 is 5.91 Å². The van der Waals surface area contributed by atoms with Crippen molar-refractivity contribution in [1.29, 1.82) is 0 Å². The number of methoxy groups -OCH3 is 1. The third-order valence-corrected chi connectivity index (χ3v) is 3.34. The molecule has 1 rings (SSSR count). The van der Waals surface area contributed by atoms with E-state index >= 15 is 0 Å². The maximum Gasteiger partial charge on any atom is 0.220 e. The van der Waals surface area contributed by atoms with Crippen LogP contribution in [0.15, 0.2) is 0 Å². The van der Waals surface area contributed by atoms with Crippen LogP contribution in [0.25, 0.3) is 0 Å². The van der Waals surface area contributed by atoms with Crippen LogP contribution in [0, 0.1) is 5.92 Å². The lowest BCUT2D eigenvalue weighted by Gasteiger charge is -2.15. The summed E-state index contributed by atoms with van der Waals surface area (Å²) in [6.45, 7) is 0.559. The maximum absolute atomic E-state index is 11.7. The first kappa shape index (κ1) is 14.5. The predicted octanol–water partition coefficient (Wildman–Crippen LogP) is 1.47. The molecule has 1 amide bonds. The summed E-state index contributed by atoms with van der Waals surface area (Å²) in [6, 6.07) is 0. The van der Waals surface area contributed by atoms with Crippen molar-refractivity contribution < 1.29 is 14.6 Å². The van der Waals surface area contributed by atoms with E-state index in [4.69, 9.17) is 4.74 Å². The van der Waals surface area contributed by atoms with Crippen molar-refractivity contribution in [3.63, 3.8) is 0 Å². The minimum atomic E-state index is -0.599. The molecule has 1 aliphatic carbocycles. The van der Waals surface area contributed by atoms with E-state index in [2.05, 4.69) is 5.32 Å². The van der Waals surface area contributed by atoms with Gasteiger partial charge in [0.15, 0.2) is 0 Å². The monoisotopic (exact) mass is 243 g/mol. The van der Waals surface area contributed by atoms with E-state index in [-0.39, 0.29) is 12.5 Å². The average Bonchev–Trinajstić information content (AvgIpc) is 2.55. The highest BCUT2D eigenvalue weighted by Gasteiger charge is 2.16. The molecule has 1 unspecified atom stereocenters. The molecule has 1 atom stereocenters. The molecule has 0 aromatic rings. The number of carbonyl (C=O) groups excluding carboxylic acids is 1. The van der Waals surface area contributed by atoms with E-state index < -0.39 is 6.10 Å². The van der Waals surface area contributed by atoms with E-state index in [0.29, 0.717) is 18.9 Å². The topological polar surface area (TPSA) is 58.6 Å². The van der Waals surface area contributed by atoms with Gasteiger partial charge in [-0.15, -0.1) is 0 Å². The Bertz CT molecular complexity index is 213. The number of amides is 1. The zero-order chi connectivity index (χ0) is 12.5. The van der Waals surface area contributed by atoms with Gasteiger partial charge in [0.25, 0.3) is 0 Å². The Morgan fingerprint density at radius 1 is 1.35 bits per heavy atom. The van der Waals surface area contributed by atoms with Crippen LogP contribution in [0.2, 0.25) is 0 Å². The second-order valence-corrected chi connectivity index (χ2v) is 4.97. The van der Waals surface area contributed by atoms with Gasteiger partial charge in [-0.2, -0.15) is 0 Å². The first-order valence-electron chi connectivity index (χ1n) is 6.66. The Hall–Kier alpha value is -0.610. The smallest absolute Gasteiger partial charge is 0.220 e. The summed E-state index contributed by atoms with van der Waals surface area (Å²) in [7, 11) is 1.54. The first-order valence-corrected chi connectivity index (χ1v) is 6.66. The van der Waals surface area contributed by atoms with Gasteiger partial charge in [-0.3, -0.25) is 4.79 Å².